The van der Waals surface area contributed by atoms with Crippen molar-refractivity contribution >= 4 is 5.97 Å². The second-order valence-corrected chi connectivity index (χ2v) is 12.1. The van der Waals surface area contributed by atoms with Crippen LogP contribution in [0.3, 0.4) is 0 Å². The van der Waals surface area contributed by atoms with Gasteiger partial charge in [0.15, 0.2) is 0 Å². The number of carbonyl (C=O) groups excluding carboxylic acids is 1. The molecule has 0 unspecified atom stereocenters. The quantitative estimate of drug-likeness (QED) is 0.520. The van der Waals surface area contributed by atoms with Crippen LogP contribution in [0.2, 0.25) is 0 Å². The molecule has 26 heavy (non-hydrogen) atoms. The highest BCUT2D eigenvalue weighted by atomic mass is 16.5. The lowest BCUT2D eigenvalue weighted by Crippen LogP contribution is -2.44. The van der Waals surface area contributed by atoms with E-state index in [1.807, 2.05) is 11.1 Å². The molecule has 8 rings (SSSR count). The molecule has 0 amide bonds. The Morgan fingerprint density at radius 3 is 2.46 bits per heavy atom. The number of carbonyl (C=O) groups is 1. The zero-order valence-electron chi connectivity index (χ0n) is 16.4. The van der Waals surface area contributed by atoms with Gasteiger partial charge in [-0.2, -0.15) is 0 Å². The van der Waals surface area contributed by atoms with Gasteiger partial charge >= 0.3 is 5.97 Å². The summed E-state index contributed by atoms with van der Waals surface area (Å²) in [6.07, 6.45) is 5.48. The molecular weight excluding hydrogens is 320 g/mol. The Kier molecular flexibility index (Phi) is 1.91. The highest BCUT2D eigenvalue weighted by Gasteiger charge is 2.90. The van der Waals surface area contributed by atoms with Crippen LogP contribution in [-0.4, -0.2) is 13.1 Å². The van der Waals surface area contributed by atoms with Crippen LogP contribution in [0.4, 0.5) is 0 Å². The van der Waals surface area contributed by atoms with Gasteiger partial charge in [0.1, 0.15) is 0 Å². The molecule has 2 nitrogen and oxygen atoms in total. The molecule has 8 aliphatic rings. The van der Waals surface area contributed by atoms with Crippen molar-refractivity contribution < 1.29 is 9.53 Å². The molecule has 0 bridgehead atoms. The fourth-order valence-corrected chi connectivity index (χ4v) is 13.0. The Balaban J connectivity index is 1.52. The summed E-state index contributed by atoms with van der Waals surface area (Å²) in [5, 5.41) is 0. The van der Waals surface area contributed by atoms with Crippen molar-refractivity contribution in [3.8, 4) is 0 Å². The highest BCUT2D eigenvalue weighted by molar-refractivity contribution is 5.79. The number of hydrogen-bond acceptors (Lipinski definition) is 2. The van der Waals surface area contributed by atoms with Crippen molar-refractivity contribution in [2.24, 2.45) is 75.4 Å². The van der Waals surface area contributed by atoms with Crippen molar-refractivity contribution in [3.63, 3.8) is 0 Å². The van der Waals surface area contributed by atoms with Gasteiger partial charge in [-0.05, 0) is 103 Å². The van der Waals surface area contributed by atoms with E-state index in [0.717, 1.165) is 47.3 Å². The van der Waals surface area contributed by atoms with E-state index in [0.29, 0.717) is 22.7 Å². The molecule has 7 saturated carbocycles. The highest BCUT2D eigenvalue weighted by Crippen LogP contribution is 2.94. The van der Waals surface area contributed by atoms with Crippen LogP contribution >= 0.6 is 0 Å². The molecule has 7 fully saturated rings. The molecule has 2 heteroatoms. The summed E-state index contributed by atoms with van der Waals surface area (Å²) in [6.45, 7) is 7.73. The maximum Gasteiger partial charge on any atom is 0.312 e. The van der Waals surface area contributed by atoms with Crippen LogP contribution in [0.15, 0.2) is 11.1 Å². The van der Waals surface area contributed by atoms with E-state index in [2.05, 4.69) is 20.8 Å². The Hall–Kier alpha value is -0.790. The van der Waals surface area contributed by atoms with Crippen LogP contribution in [0.25, 0.3) is 0 Å². The second kappa shape index (κ2) is 3.48. The number of methoxy groups -OCH3 is 1. The minimum absolute atomic E-state index is 0.148. The van der Waals surface area contributed by atoms with Crippen molar-refractivity contribution in [1.29, 1.82) is 0 Å². The first-order valence-electron chi connectivity index (χ1n) is 11.2. The Labute approximate surface area is 156 Å². The van der Waals surface area contributed by atoms with E-state index in [4.69, 9.17) is 4.74 Å². The lowest BCUT2D eigenvalue weighted by atomic mass is 9.63. The molecular formula is C24H30O2. The molecule has 138 valence electrons. The Morgan fingerprint density at radius 2 is 1.69 bits per heavy atom. The average molecular weight is 351 g/mol. The van der Waals surface area contributed by atoms with Gasteiger partial charge in [-0.3, -0.25) is 4.79 Å². The molecule has 0 aromatic rings. The van der Waals surface area contributed by atoms with Crippen LogP contribution in [0, 0.1) is 75.4 Å². The molecule has 0 radical (unpaired) electrons. The number of fused-ring (bicyclic) bond motifs is 3. The van der Waals surface area contributed by atoms with Crippen molar-refractivity contribution in [2.75, 3.05) is 7.11 Å². The third-order valence-electron chi connectivity index (χ3n) is 12.4. The fraction of sp³-hybridized carbons (Fsp3) is 0.875. The van der Waals surface area contributed by atoms with Gasteiger partial charge < -0.3 is 4.74 Å². The van der Waals surface area contributed by atoms with Gasteiger partial charge in [-0.25, -0.2) is 0 Å². The maximum atomic E-state index is 13.3. The normalized spacial score (nSPS) is 71.7. The van der Waals surface area contributed by atoms with Crippen molar-refractivity contribution in [2.45, 2.75) is 46.5 Å². The summed E-state index contributed by atoms with van der Waals surface area (Å²) in [5.41, 5.74) is 4.71. The molecule has 0 N–H and O–H groups in total. The second-order valence-electron chi connectivity index (χ2n) is 12.1. The van der Waals surface area contributed by atoms with Gasteiger partial charge in [0.05, 0.1) is 12.5 Å². The van der Waals surface area contributed by atoms with Gasteiger partial charge in [-0.15, -0.1) is 0 Å². The summed E-state index contributed by atoms with van der Waals surface area (Å²) in [5.74, 6) is 8.12. The number of hydrogen-bond donors (Lipinski definition) is 0. The predicted octanol–water partition coefficient (Wildman–Crippen LogP) is 4.31. The van der Waals surface area contributed by atoms with E-state index in [9.17, 15) is 4.79 Å². The van der Waals surface area contributed by atoms with E-state index in [-0.39, 0.29) is 11.4 Å². The molecule has 8 aliphatic carbocycles. The molecule has 0 aliphatic heterocycles. The SMILES string of the molecule is COC(=O)[C@]1(C)[C@@H]2[C@@H]3CCC4=C5[C@]6(C)[C@H]([C@@H]43)[C@@H]2[C@H]2[C@H]1[C@@H]1CC[C@]5(C)[C@@H]1[C@@H]26. The monoisotopic (exact) mass is 350 g/mol. The third-order valence-corrected chi connectivity index (χ3v) is 12.4. The van der Waals surface area contributed by atoms with Gasteiger partial charge in [-0.1, -0.05) is 25.0 Å². The number of ether oxygens (including phenoxy) is 1. The van der Waals surface area contributed by atoms with E-state index < -0.39 is 0 Å². The topological polar surface area (TPSA) is 26.3 Å². The van der Waals surface area contributed by atoms with Crippen LogP contribution in [0.1, 0.15) is 46.5 Å². The zero-order chi connectivity index (χ0) is 17.5. The lowest BCUT2D eigenvalue weighted by molar-refractivity contribution is -0.160. The number of esters is 1. The molecule has 0 heterocycles. The minimum atomic E-state index is -0.198. The summed E-state index contributed by atoms with van der Waals surface area (Å²) in [6, 6.07) is 0. The molecule has 0 spiro atoms. The molecule has 13 atom stereocenters. The standard InChI is InChI=1S/C24H30O2/c1-22-8-7-11-16-14-13-15(24(16,3)21(25)26-4)9-5-6-10-12(9)18(13)23(2,20(10)22)19(14)17(11)22/h9,11-19H,5-8H2,1-4H3/t9-,11+,12-,13-,14+,15-,16-,17+,18-,19-,22-,23-,24-/m1/s1. The zero-order valence-corrected chi connectivity index (χ0v) is 16.4. The minimum Gasteiger partial charge on any atom is -0.469 e. The lowest BCUT2D eigenvalue weighted by Gasteiger charge is -2.40. The van der Waals surface area contributed by atoms with Crippen LogP contribution in [0.5, 0.6) is 0 Å². The van der Waals surface area contributed by atoms with Crippen molar-refractivity contribution in [1.82, 2.24) is 0 Å². The predicted molar refractivity (Wildman–Crippen MR) is 96.7 cm³/mol. The van der Waals surface area contributed by atoms with E-state index in [1.54, 1.807) is 7.11 Å². The number of allylic oxidation sites excluding steroid dienone is 2. The fourth-order valence-electron chi connectivity index (χ4n) is 13.0. The summed E-state index contributed by atoms with van der Waals surface area (Å²) < 4.78 is 5.54. The summed E-state index contributed by atoms with van der Waals surface area (Å²) in [4.78, 5) is 13.3. The first-order chi connectivity index (χ1) is 12.4. The van der Waals surface area contributed by atoms with E-state index in [1.165, 1.54) is 25.7 Å². The number of rotatable bonds is 1. The Morgan fingerprint density at radius 1 is 0.962 bits per heavy atom. The average Bonchev–Trinajstić information content (AvgIpc) is 3.36. The molecule has 0 aromatic heterocycles. The third kappa shape index (κ3) is 0.909. The first kappa shape index (κ1) is 14.2. The van der Waals surface area contributed by atoms with Crippen molar-refractivity contribution in [3.05, 3.63) is 11.1 Å². The van der Waals surface area contributed by atoms with E-state index >= 15 is 0 Å². The van der Waals surface area contributed by atoms with Crippen LogP contribution in [-0.2, 0) is 9.53 Å². The maximum absolute atomic E-state index is 13.3. The smallest absolute Gasteiger partial charge is 0.312 e. The van der Waals surface area contributed by atoms with Gasteiger partial charge in [0, 0.05) is 0 Å². The summed E-state index contributed by atoms with van der Waals surface area (Å²) in [7, 11) is 1.65. The molecule has 0 saturated heterocycles. The summed E-state index contributed by atoms with van der Waals surface area (Å²) >= 11 is 0. The molecule has 0 aromatic carbocycles. The van der Waals surface area contributed by atoms with Crippen LogP contribution < -0.4 is 0 Å². The van der Waals surface area contributed by atoms with Gasteiger partial charge in [0.25, 0.3) is 0 Å². The largest absolute Gasteiger partial charge is 0.469 e. The van der Waals surface area contributed by atoms with Gasteiger partial charge in [0.2, 0.25) is 0 Å². The Bertz CT molecular complexity index is 856. The first-order valence-corrected chi connectivity index (χ1v) is 11.2.